The van der Waals surface area contributed by atoms with Crippen molar-refractivity contribution in [2.45, 2.75) is 24.4 Å². The fourth-order valence-electron chi connectivity index (χ4n) is 0.618. The molecule has 0 heterocycles. The standard InChI is InChI=1S/C6H12O6.CH2OS2.Na/c7-1-3(9)5(11)6(12)4(10)2-8;2-1(3)4;/h1,3-6,8-12H,2H2;(H2,2,3,4);/q;;+1/p-1/t3-,4+,5+,6+;;/m0../s1. The third kappa shape index (κ3) is 12.9. The molecule has 5 N–H and O–H groups in total. The molecule has 17 heavy (non-hydrogen) atoms. The van der Waals surface area contributed by atoms with Crippen molar-refractivity contribution in [1.82, 2.24) is 0 Å². The van der Waals surface area contributed by atoms with Crippen LogP contribution in [-0.4, -0.2) is 67.3 Å². The van der Waals surface area contributed by atoms with Crippen molar-refractivity contribution in [2.75, 3.05) is 6.61 Å². The third-order valence-corrected chi connectivity index (χ3v) is 1.42. The number of hydrogen-bond acceptors (Lipinski definition) is 8. The van der Waals surface area contributed by atoms with E-state index in [1.807, 2.05) is 0 Å². The summed E-state index contributed by atoms with van der Waals surface area (Å²) in [5, 5.41) is 43.5. The molecule has 0 aliphatic heterocycles. The van der Waals surface area contributed by atoms with Crippen molar-refractivity contribution < 1.29 is 64.7 Å². The Morgan fingerprint density at radius 2 is 1.59 bits per heavy atom. The van der Waals surface area contributed by atoms with Gasteiger partial charge in [0.25, 0.3) is 0 Å². The van der Waals surface area contributed by atoms with Crippen LogP contribution in [0.15, 0.2) is 0 Å². The summed E-state index contributed by atoms with van der Waals surface area (Å²) in [4.78, 5) is 19.0. The van der Waals surface area contributed by atoms with Gasteiger partial charge in [-0.05, 0) is 0 Å². The molecule has 0 saturated heterocycles. The first-order valence-electron chi connectivity index (χ1n) is 3.96. The summed E-state index contributed by atoms with van der Waals surface area (Å²) in [6.45, 7) is -0.760. The van der Waals surface area contributed by atoms with Gasteiger partial charge in [0.1, 0.15) is 24.4 Å². The summed E-state index contributed by atoms with van der Waals surface area (Å²) in [6.07, 6.45) is -6.84. The number of aliphatic hydroxyl groups is 5. The third-order valence-electron chi connectivity index (χ3n) is 1.42. The molecule has 0 rings (SSSR count). The molecular weight excluding hydrogens is 283 g/mol. The van der Waals surface area contributed by atoms with Crippen molar-refractivity contribution in [1.29, 1.82) is 0 Å². The van der Waals surface area contributed by atoms with Gasteiger partial charge in [-0.3, -0.25) is 0 Å². The molecule has 0 radical (unpaired) electrons. The largest absolute Gasteiger partial charge is 1.00 e. The Labute approximate surface area is 131 Å². The topological polar surface area (TPSA) is 135 Å². The van der Waals surface area contributed by atoms with Crippen LogP contribution in [0.1, 0.15) is 0 Å². The molecule has 7 nitrogen and oxygen atoms in total. The minimum Gasteiger partial charge on any atom is -0.731 e. The van der Waals surface area contributed by atoms with Gasteiger partial charge in [-0.25, -0.2) is 0 Å². The Morgan fingerprint density at radius 1 is 1.24 bits per heavy atom. The van der Waals surface area contributed by atoms with Crippen LogP contribution in [0.2, 0.25) is 0 Å². The van der Waals surface area contributed by atoms with E-state index in [2.05, 4.69) is 25.3 Å². The van der Waals surface area contributed by atoms with Crippen LogP contribution in [0.25, 0.3) is 0 Å². The SMILES string of the molecule is O=C([S-])S.O=C[C@H](O)[C@@H](O)[C@H](O)[C@H](O)CO.[Na+]. The Bertz CT molecular complexity index is 214. The fraction of sp³-hybridized carbons (Fsp3) is 0.714. The molecule has 0 amide bonds. The predicted molar refractivity (Wildman–Crippen MR) is 58.9 cm³/mol. The molecule has 0 bridgehead atoms. The van der Waals surface area contributed by atoms with Crippen LogP contribution >= 0.6 is 12.6 Å². The van der Waals surface area contributed by atoms with Crippen molar-refractivity contribution >= 4 is 36.0 Å². The minimum absolute atomic E-state index is 0. The van der Waals surface area contributed by atoms with Crippen molar-refractivity contribution in [3.8, 4) is 0 Å². The molecule has 4 atom stereocenters. The molecule has 0 spiro atoms. The van der Waals surface area contributed by atoms with Crippen LogP contribution in [0, 0.1) is 0 Å². The average Bonchev–Trinajstić information content (AvgIpc) is 2.24. The number of hydrogen-bond donors (Lipinski definition) is 6. The van der Waals surface area contributed by atoms with Gasteiger partial charge in [0.05, 0.1) is 11.1 Å². The maximum atomic E-state index is 9.90. The van der Waals surface area contributed by atoms with Gasteiger partial charge in [-0.2, -0.15) is 0 Å². The summed E-state index contributed by atoms with van der Waals surface area (Å²) >= 11 is 6.99. The molecule has 0 aliphatic carbocycles. The normalized spacial score (nSPS) is 16.4. The van der Waals surface area contributed by atoms with Crippen LogP contribution in [0.4, 0.5) is 4.79 Å². The van der Waals surface area contributed by atoms with Gasteiger partial charge >= 0.3 is 29.6 Å². The van der Waals surface area contributed by atoms with Crippen LogP contribution in [-0.2, 0) is 17.4 Å². The summed E-state index contributed by atoms with van der Waals surface area (Å²) in [5.74, 6) is 0. The van der Waals surface area contributed by atoms with Gasteiger partial charge in [0.15, 0.2) is 6.29 Å². The maximum Gasteiger partial charge on any atom is 1.00 e. The zero-order valence-electron chi connectivity index (χ0n) is 9.00. The Kier molecular flexibility index (Phi) is 17.7. The molecular formula is C7H13NaO7S2. The van der Waals surface area contributed by atoms with E-state index in [9.17, 15) is 4.79 Å². The van der Waals surface area contributed by atoms with Crippen molar-refractivity contribution in [3.63, 3.8) is 0 Å². The van der Waals surface area contributed by atoms with E-state index in [1.54, 1.807) is 0 Å². The van der Waals surface area contributed by atoms with Gasteiger partial charge in [-0.1, -0.05) is 0 Å². The molecule has 96 valence electrons. The van der Waals surface area contributed by atoms with Gasteiger partial charge in [0.2, 0.25) is 0 Å². The fourth-order valence-corrected chi connectivity index (χ4v) is 0.618. The van der Waals surface area contributed by atoms with E-state index in [0.717, 1.165) is 0 Å². The summed E-state index contributed by atoms with van der Waals surface area (Å²) < 4.78 is -0.556. The number of aliphatic hydroxyl groups excluding tert-OH is 5. The molecule has 0 aromatic heterocycles. The number of rotatable bonds is 5. The van der Waals surface area contributed by atoms with E-state index in [-0.39, 0.29) is 35.8 Å². The second kappa shape index (κ2) is 13.1. The summed E-state index contributed by atoms with van der Waals surface area (Å²) in [6, 6.07) is 0. The van der Waals surface area contributed by atoms with E-state index >= 15 is 0 Å². The maximum absolute atomic E-state index is 9.90. The molecule has 0 unspecified atom stereocenters. The van der Waals surface area contributed by atoms with Crippen molar-refractivity contribution in [2.24, 2.45) is 0 Å². The molecule has 0 aromatic carbocycles. The molecule has 0 aromatic rings. The number of carbonyl (C=O) groups excluding carboxylic acids is 2. The second-order valence-electron chi connectivity index (χ2n) is 2.62. The Balaban J connectivity index is -0.000000340. The van der Waals surface area contributed by atoms with E-state index in [4.69, 9.17) is 30.3 Å². The first-order valence-corrected chi connectivity index (χ1v) is 4.81. The second-order valence-corrected chi connectivity index (χ2v) is 3.70. The molecule has 0 aliphatic rings. The van der Waals surface area contributed by atoms with Crippen molar-refractivity contribution in [3.05, 3.63) is 0 Å². The number of aldehydes is 1. The molecule has 10 heteroatoms. The first kappa shape index (κ1) is 22.9. The van der Waals surface area contributed by atoms with Gasteiger partial charge < -0.3 is 47.8 Å². The van der Waals surface area contributed by atoms with Gasteiger partial charge in [0, 0.05) is 0 Å². The van der Waals surface area contributed by atoms with Crippen LogP contribution in [0.5, 0.6) is 0 Å². The smallest absolute Gasteiger partial charge is 0.731 e. The van der Waals surface area contributed by atoms with E-state index in [0.29, 0.717) is 0 Å². The van der Waals surface area contributed by atoms with Crippen LogP contribution in [0.3, 0.4) is 0 Å². The summed E-state index contributed by atoms with van der Waals surface area (Å²) in [7, 11) is 0. The minimum atomic E-state index is -1.79. The first-order chi connectivity index (χ1) is 7.27. The number of carbonyl (C=O) groups is 2. The van der Waals surface area contributed by atoms with E-state index in [1.165, 1.54) is 0 Å². The zero-order chi connectivity index (χ0) is 13.3. The summed E-state index contributed by atoms with van der Waals surface area (Å²) in [5.41, 5.74) is 0. The average molecular weight is 296 g/mol. The van der Waals surface area contributed by atoms with E-state index < -0.39 is 35.5 Å². The zero-order valence-corrected chi connectivity index (χ0v) is 12.7. The quantitative estimate of drug-likeness (QED) is 0.128. The Morgan fingerprint density at radius 3 is 1.82 bits per heavy atom. The van der Waals surface area contributed by atoms with Crippen LogP contribution < -0.4 is 29.6 Å². The Hall–Kier alpha value is 0.710. The predicted octanol–water partition coefficient (Wildman–Crippen LogP) is -5.79. The monoisotopic (exact) mass is 296 g/mol. The van der Waals surface area contributed by atoms with Gasteiger partial charge in [-0.15, -0.1) is 12.6 Å². The molecule has 0 fully saturated rings. The number of thiol groups is 1. The molecule has 0 saturated carbocycles.